The van der Waals surface area contributed by atoms with E-state index in [-0.39, 0.29) is 8.90 Å². The third kappa shape index (κ3) is 4.67. The number of nitrogens with zero attached hydrogens (tertiary/aromatic N) is 6. The Bertz CT molecular complexity index is 1390. The van der Waals surface area contributed by atoms with Crippen LogP contribution in [0.3, 0.4) is 0 Å². The maximum absolute atomic E-state index is 9.46. The normalized spacial score (nSPS) is 16.1. The molecule has 9 heteroatoms. The van der Waals surface area contributed by atoms with Gasteiger partial charge in [0.05, 0.1) is 54.0 Å². The fraction of sp³-hybridized carbons (Fsp3) is 0.308. The lowest BCUT2D eigenvalue weighted by Gasteiger charge is -2.24. The van der Waals surface area contributed by atoms with Crippen LogP contribution in [0.2, 0.25) is 0 Å². The van der Waals surface area contributed by atoms with Gasteiger partial charge in [-0.15, -0.1) is 10.2 Å². The third-order valence-corrected chi connectivity index (χ3v) is 6.04. The van der Waals surface area contributed by atoms with Gasteiger partial charge in [0.15, 0.2) is 0 Å². The number of benzene rings is 1. The molecule has 180 valence electrons. The van der Waals surface area contributed by atoms with E-state index < -0.39 is 5.41 Å². The summed E-state index contributed by atoms with van der Waals surface area (Å²) in [5.74, 6) is 0.706. The molecule has 1 aliphatic rings. The third-order valence-electron chi connectivity index (χ3n) is 6.04. The second-order valence-corrected chi connectivity index (χ2v) is 8.97. The molecule has 4 aromatic rings. The fourth-order valence-corrected chi connectivity index (χ4v) is 3.85. The number of rotatable bonds is 5. The number of hydrogen-bond donors (Lipinski definition) is 1. The van der Waals surface area contributed by atoms with Crippen molar-refractivity contribution in [3.05, 3.63) is 65.7 Å². The molecule has 0 spiro atoms. The van der Waals surface area contributed by atoms with Crippen molar-refractivity contribution in [2.75, 3.05) is 19.8 Å². The summed E-state index contributed by atoms with van der Waals surface area (Å²) in [6.45, 7) is 7.75. The van der Waals surface area contributed by atoms with E-state index in [2.05, 4.69) is 31.6 Å². The van der Waals surface area contributed by atoms with Crippen molar-refractivity contribution in [1.29, 1.82) is 5.26 Å². The van der Waals surface area contributed by atoms with Crippen LogP contribution in [0.5, 0.6) is 0 Å². The van der Waals surface area contributed by atoms with E-state index in [1.165, 1.54) is 0 Å². The van der Waals surface area contributed by atoms with Gasteiger partial charge in [-0.2, -0.15) is 5.26 Å². The van der Waals surface area contributed by atoms with E-state index in [1.54, 1.807) is 12.4 Å². The molecule has 0 saturated carbocycles. The minimum atomic E-state index is -0.714. The monoisotopic (exact) mass is 471 g/mol. The molecule has 1 aromatic carbocycles. The van der Waals surface area contributed by atoms with Crippen LogP contribution in [0.15, 0.2) is 53.2 Å². The predicted octanol–water partition coefficient (Wildman–Crippen LogP) is 4.52. The second-order valence-electron chi connectivity index (χ2n) is 8.97. The maximum atomic E-state index is 9.46. The van der Waals surface area contributed by atoms with Crippen molar-refractivity contribution in [2.24, 2.45) is 0 Å². The Morgan fingerprint density at radius 2 is 1.89 bits per heavy atom. The first-order valence-electron chi connectivity index (χ1n) is 11.4. The standard InChI is InChI=1S/C26H25N7O2.2H2/c1-16-23(31-20(13-30-16)19-8-9-29-22(12-19)26(2,3)15-27)25-33-32-24(35-25)18-6-4-17(5-7-18)21-14-34-11-10-28-21;;/h4-9,12-13,21,28H,10-11,14H2,1-3H3;2*1H. The number of hydrogen-bond acceptors (Lipinski definition) is 9. The molecule has 35 heavy (non-hydrogen) atoms. The highest BCUT2D eigenvalue weighted by molar-refractivity contribution is 5.64. The first-order valence-corrected chi connectivity index (χ1v) is 11.4. The van der Waals surface area contributed by atoms with Gasteiger partial charge in [0.25, 0.3) is 5.89 Å². The van der Waals surface area contributed by atoms with Crippen LogP contribution in [-0.4, -0.2) is 44.9 Å². The highest BCUT2D eigenvalue weighted by Gasteiger charge is 2.23. The summed E-state index contributed by atoms with van der Waals surface area (Å²) >= 11 is 0. The van der Waals surface area contributed by atoms with Crippen LogP contribution >= 0.6 is 0 Å². The van der Waals surface area contributed by atoms with E-state index in [0.717, 1.165) is 29.8 Å². The largest absolute Gasteiger partial charge is 0.415 e. The van der Waals surface area contributed by atoms with Gasteiger partial charge in [-0.3, -0.25) is 9.97 Å². The van der Waals surface area contributed by atoms with Gasteiger partial charge in [-0.1, -0.05) is 12.1 Å². The molecule has 3 aromatic heterocycles. The molecule has 1 fully saturated rings. The molecular weight excluding hydrogens is 442 g/mol. The number of nitrogens with one attached hydrogen (secondary N) is 1. The predicted molar refractivity (Wildman–Crippen MR) is 133 cm³/mol. The van der Waals surface area contributed by atoms with Gasteiger partial charge < -0.3 is 14.5 Å². The van der Waals surface area contributed by atoms with E-state index in [1.807, 2.05) is 57.2 Å². The summed E-state index contributed by atoms with van der Waals surface area (Å²) in [5, 5.41) is 21.4. The first-order chi connectivity index (χ1) is 16.9. The highest BCUT2D eigenvalue weighted by Crippen LogP contribution is 2.29. The Kier molecular flexibility index (Phi) is 6.07. The second kappa shape index (κ2) is 9.33. The number of nitriles is 1. The van der Waals surface area contributed by atoms with E-state index in [9.17, 15) is 5.26 Å². The molecule has 5 rings (SSSR count). The van der Waals surface area contributed by atoms with Crippen LogP contribution in [0, 0.1) is 18.3 Å². The lowest BCUT2D eigenvalue weighted by atomic mass is 9.90. The molecular formula is C26H29N7O2. The number of aromatic nitrogens is 5. The summed E-state index contributed by atoms with van der Waals surface area (Å²) in [4.78, 5) is 13.6. The zero-order valence-corrected chi connectivity index (χ0v) is 19.8. The number of morpholine rings is 1. The number of aryl methyl sites for hydroxylation is 1. The lowest BCUT2D eigenvalue weighted by Crippen LogP contribution is -2.34. The Balaban J connectivity index is 0.00000190. The quantitative estimate of drug-likeness (QED) is 0.447. The summed E-state index contributed by atoms with van der Waals surface area (Å²) in [6.07, 6.45) is 3.37. The van der Waals surface area contributed by atoms with Gasteiger partial charge in [0.2, 0.25) is 5.89 Å². The molecule has 1 aliphatic heterocycles. The van der Waals surface area contributed by atoms with Crippen LogP contribution in [0.1, 0.15) is 39.7 Å². The molecule has 1 N–H and O–H groups in total. The van der Waals surface area contributed by atoms with Crippen molar-refractivity contribution >= 4 is 0 Å². The summed E-state index contributed by atoms with van der Waals surface area (Å²) in [7, 11) is 0. The highest BCUT2D eigenvalue weighted by atomic mass is 16.5. The Morgan fingerprint density at radius 3 is 2.63 bits per heavy atom. The van der Waals surface area contributed by atoms with Crippen LogP contribution in [0.25, 0.3) is 34.3 Å². The van der Waals surface area contributed by atoms with E-state index in [0.29, 0.717) is 41.2 Å². The van der Waals surface area contributed by atoms with Crippen LogP contribution in [0.4, 0.5) is 0 Å². The average Bonchev–Trinajstić information content (AvgIpc) is 3.40. The maximum Gasteiger partial charge on any atom is 0.268 e. The lowest BCUT2D eigenvalue weighted by molar-refractivity contribution is 0.0769. The average molecular weight is 472 g/mol. The number of ether oxygens (including phenoxy) is 1. The van der Waals surface area contributed by atoms with Crippen molar-refractivity contribution in [1.82, 2.24) is 30.5 Å². The first kappa shape index (κ1) is 22.8. The number of pyridine rings is 1. The summed E-state index contributed by atoms with van der Waals surface area (Å²) in [5.41, 5.74) is 4.56. The molecule has 0 bridgehead atoms. The Morgan fingerprint density at radius 1 is 1.09 bits per heavy atom. The zero-order valence-electron chi connectivity index (χ0n) is 19.8. The van der Waals surface area contributed by atoms with Gasteiger partial charge in [-0.05, 0) is 50.6 Å². The van der Waals surface area contributed by atoms with Gasteiger partial charge in [-0.25, -0.2) is 4.98 Å². The Labute approximate surface area is 206 Å². The molecule has 1 atom stereocenters. The zero-order chi connectivity index (χ0) is 24.4. The van der Waals surface area contributed by atoms with Crippen molar-refractivity contribution in [3.8, 4) is 40.4 Å². The molecule has 0 aliphatic carbocycles. The molecule has 0 radical (unpaired) electrons. The smallest absolute Gasteiger partial charge is 0.268 e. The Hall–Kier alpha value is -4.00. The summed E-state index contributed by atoms with van der Waals surface area (Å²) in [6, 6.07) is 14.2. The van der Waals surface area contributed by atoms with Crippen molar-refractivity contribution in [3.63, 3.8) is 0 Å². The SMILES string of the molecule is Cc1ncc(-c2ccnc(C(C)(C)C#N)c2)nc1-c1nnc(-c2ccc(C3COCCN3)cc2)o1.[HH].[HH]. The van der Waals surface area contributed by atoms with Gasteiger partial charge in [0.1, 0.15) is 5.69 Å². The van der Waals surface area contributed by atoms with Crippen LogP contribution < -0.4 is 5.32 Å². The molecule has 9 nitrogen and oxygen atoms in total. The van der Waals surface area contributed by atoms with Gasteiger partial charge in [0, 0.05) is 26.7 Å². The van der Waals surface area contributed by atoms with E-state index in [4.69, 9.17) is 14.1 Å². The molecule has 1 unspecified atom stereocenters. The van der Waals surface area contributed by atoms with Crippen molar-refractivity contribution < 1.29 is 12.0 Å². The molecule has 1 saturated heterocycles. The molecule has 0 amide bonds. The summed E-state index contributed by atoms with van der Waals surface area (Å²) < 4.78 is 11.5. The topological polar surface area (TPSA) is 123 Å². The minimum Gasteiger partial charge on any atom is -0.415 e. The molecule has 4 heterocycles. The van der Waals surface area contributed by atoms with Crippen molar-refractivity contribution in [2.45, 2.75) is 32.2 Å². The van der Waals surface area contributed by atoms with Gasteiger partial charge >= 0.3 is 0 Å². The van der Waals surface area contributed by atoms with E-state index >= 15 is 0 Å². The fourth-order valence-electron chi connectivity index (χ4n) is 3.85. The van der Waals surface area contributed by atoms with Crippen LogP contribution in [-0.2, 0) is 10.2 Å². The minimum absolute atomic E-state index is 0.